The van der Waals surface area contributed by atoms with Gasteiger partial charge in [0.15, 0.2) is 0 Å². The fourth-order valence-electron chi connectivity index (χ4n) is 7.87. The molecular weight excluding hydrogens is 544 g/mol. The number of likely N-dealkylation sites (tertiary alicyclic amines) is 2. The second kappa shape index (κ2) is 11.9. The molecule has 0 spiro atoms. The third-order valence-corrected chi connectivity index (χ3v) is 10.3. The second-order valence-electron chi connectivity index (χ2n) is 13.6. The van der Waals surface area contributed by atoms with Crippen molar-refractivity contribution in [3.05, 3.63) is 107 Å². The van der Waals surface area contributed by atoms with E-state index in [9.17, 15) is 9.59 Å². The molecule has 7 rings (SSSR count). The van der Waals surface area contributed by atoms with Crippen LogP contribution in [0, 0.1) is 5.41 Å². The fraction of sp³-hybridized carbons (Fsp3) is 0.421. The number of hydrogen-bond acceptors (Lipinski definition) is 3. The standard InChI is InChI=1S/C38H44N4O2/c1-38(2)25-29(15-17-33(38)28-11-5-3-6-12-28)36(43)42-27-32-16-18-35(41(32)26-30-13-7-8-14-34(30)42)37(44)40-23-19-31(20-24-40)39-21-9-4-10-22-39/h3,5-8,11-18,31H,4,9-10,19-27H2,1-2H3. The molecule has 3 aromatic rings. The van der Waals surface area contributed by atoms with E-state index in [-0.39, 0.29) is 17.2 Å². The molecule has 1 aromatic heterocycles. The topological polar surface area (TPSA) is 48.8 Å². The Morgan fingerprint density at radius 3 is 2.23 bits per heavy atom. The molecule has 4 aliphatic rings. The average Bonchev–Trinajstić information content (AvgIpc) is 3.37. The molecule has 0 N–H and O–H groups in total. The van der Waals surface area contributed by atoms with E-state index in [2.05, 4.69) is 59.7 Å². The maximum Gasteiger partial charge on any atom is 0.270 e. The molecule has 1 aliphatic carbocycles. The zero-order chi connectivity index (χ0) is 30.3. The maximum atomic E-state index is 14.3. The smallest absolute Gasteiger partial charge is 0.270 e. The molecule has 6 heteroatoms. The number of carbonyl (C=O) groups is 2. The SMILES string of the molecule is CC1(C)CC(C(=O)N2Cc3ccc(C(=O)N4CCC(N5CCCCC5)CC4)n3Cc3ccccc32)=CC=C1c1ccccc1. The number of amides is 2. The Hall–Kier alpha value is -3.90. The van der Waals surface area contributed by atoms with Crippen molar-refractivity contribution in [3.63, 3.8) is 0 Å². The van der Waals surface area contributed by atoms with Gasteiger partial charge in [-0.3, -0.25) is 9.59 Å². The highest BCUT2D eigenvalue weighted by Crippen LogP contribution is 2.43. The van der Waals surface area contributed by atoms with Crippen molar-refractivity contribution >= 4 is 23.1 Å². The van der Waals surface area contributed by atoms with Gasteiger partial charge in [-0.1, -0.05) is 81.0 Å². The molecule has 0 radical (unpaired) electrons. The van der Waals surface area contributed by atoms with Crippen molar-refractivity contribution in [1.82, 2.24) is 14.4 Å². The van der Waals surface area contributed by atoms with E-state index in [1.165, 1.54) is 43.5 Å². The summed E-state index contributed by atoms with van der Waals surface area (Å²) in [6.07, 6.45) is 10.9. The van der Waals surface area contributed by atoms with Crippen molar-refractivity contribution < 1.29 is 9.59 Å². The number of fused-ring (bicyclic) bond motifs is 2. The molecule has 2 amide bonds. The maximum absolute atomic E-state index is 14.3. The van der Waals surface area contributed by atoms with Gasteiger partial charge in [-0.05, 0) is 85.5 Å². The molecule has 2 saturated heterocycles. The summed E-state index contributed by atoms with van der Waals surface area (Å²) in [5.41, 5.74) is 6.81. The highest BCUT2D eigenvalue weighted by molar-refractivity contribution is 6.07. The van der Waals surface area contributed by atoms with Crippen LogP contribution in [0.15, 0.2) is 84.5 Å². The Kier molecular flexibility index (Phi) is 7.79. The van der Waals surface area contributed by atoms with E-state index in [1.54, 1.807) is 0 Å². The Morgan fingerprint density at radius 1 is 0.750 bits per heavy atom. The van der Waals surface area contributed by atoms with Crippen molar-refractivity contribution in [2.45, 2.75) is 71.5 Å². The lowest BCUT2D eigenvalue weighted by Crippen LogP contribution is -2.48. The second-order valence-corrected chi connectivity index (χ2v) is 13.6. The molecule has 0 bridgehead atoms. The quantitative estimate of drug-likeness (QED) is 0.333. The number of rotatable bonds is 4. The van der Waals surface area contributed by atoms with Gasteiger partial charge >= 0.3 is 0 Å². The summed E-state index contributed by atoms with van der Waals surface area (Å²) in [5.74, 6) is 0.150. The summed E-state index contributed by atoms with van der Waals surface area (Å²) in [6, 6.07) is 23.3. The number of allylic oxidation sites excluding steroid dienone is 3. The van der Waals surface area contributed by atoms with Crippen LogP contribution in [0.5, 0.6) is 0 Å². The van der Waals surface area contributed by atoms with Crippen molar-refractivity contribution in [2.75, 3.05) is 31.1 Å². The zero-order valence-corrected chi connectivity index (χ0v) is 26.2. The van der Waals surface area contributed by atoms with Gasteiger partial charge in [0.05, 0.1) is 13.1 Å². The number of piperidine rings is 2. The van der Waals surface area contributed by atoms with Crippen LogP contribution >= 0.6 is 0 Å². The molecule has 2 aromatic carbocycles. The van der Waals surface area contributed by atoms with E-state index in [1.807, 2.05) is 52.3 Å². The van der Waals surface area contributed by atoms with Crippen LogP contribution in [-0.4, -0.2) is 58.4 Å². The summed E-state index contributed by atoms with van der Waals surface area (Å²) in [4.78, 5) is 34.8. The van der Waals surface area contributed by atoms with Gasteiger partial charge in [-0.15, -0.1) is 0 Å². The van der Waals surface area contributed by atoms with E-state index in [4.69, 9.17) is 0 Å². The Morgan fingerprint density at radius 2 is 1.48 bits per heavy atom. The first kappa shape index (κ1) is 28.8. The normalized spacial score (nSPS) is 20.7. The fourth-order valence-corrected chi connectivity index (χ4v) is 7.87. The molecule has 228 valence electrons. The van der Waals surface area contributed by atoms with Crippen LogP contribution in [0.4, 0.5) is 5.69 Å². The number of hydrogen-bond donors (Lipinski definition) is 0. The zero-order valence-electron chi connectivity index (χ0n) is 26.2. The summed E-state index contributed by atoms with van der Waals surface area (Å²) in [5, 5.41) is 0. The van der Waals surface area contributed by atoms with Crippen LogP contribution in [0.2, 0.25) is 0 Å². The van der Waals surface area contributed by atoms with Crippen LogP contribution < -0.4 is 4.90 Å². The minimum Gasteiger partial charge on any atom is -0.337 e. The lowest BCUT2D eigenvalue weighted by molar-refractivity contribution is -0.115. The van der Waals surface area contributed by atoms with Crippen LogP contribution in [0.25, 0.3) is 5.57 Å². The Labute approximate surface area is 261 Å². The number of para-hydroxylation sites is 1. The van der Waals surface area contributed by atoms with Crippen LogP contribution in [-0.2, 0) is 17.9 Å². The van der Waals surface area contributed by atoms with Crippen molar-refractivity contribution in [2.24, 2.45) is 5.41 Å². The third-order valence-electron chi connectivity index (χ3n) is 10.3. The summed E-state index contributed by atoms with van der Waals surface area (Å²) in [7, 11) is 0. The predicted octanol–water partition coefficient (Wildman–Crippen LogP) is 6.91. The minimum absolute atomic E-state index is 0.0381. The third kappa shape index (κ3) is 5.45. The van der Waals surface area contributed by atoms with Crippen molar-refractivity contribution in [1.29, 1.82) is 0 Å². The number of nitrogens with zero attached hydrogens (tertiary/aromatic N) is 4. The molecule has 44 heavy (non-hydrogen) atoms. The van der Waals surface area contributed by atoms with E-state index in [0.29, 0.717) is 25.6 Å². The molecule has 0 unspecified atom stereocenters. The van der Waals surface area contributed by atoms with Gasteiger partial charge in [-0.25, -0.2) is 0 Å². The van der Waals surface area contributed by atoms with E-state index >= 15 is 0 Å². The highest BCUT2D eigenvalue weighted by Gasteiger charge is 2.35. The molecule has 2 fully saturated rings. The highest BCUT2D eigenvalue weighted by atomic mass is 16.2. The van der Waals surface area contributed by atoms with Gasteiger partial charge in [0.2, 0.25) is 0 Å². The number of carbonyl (C=O) groups excluding carboxylic acids is 2. The molecule has 3 aliphatic heterocycles. The lowest BCUT2D eigenvalue weighted by Gasteiger charge is -2.40. The largest absolute Gasteiger partial charge is 0.337 e. The van der Waals surface area contributed by atoms with Crippen molar-refractivity contribution in [3.8, 4) is 0 Å². The predicted molar refractivity (Wildman–Crippen MR) is 176 cm³/mol. The molecule has 4 heterocycles. The van der Waals surface area contributed by atoms with Crippen LogP contribution in [0.1, 0.15) is 79.7 Å². The number of benzene rings is 2. The monoisotopic (exact) mass is 588 g/mol. The first-order valence-corrected chi connectivity index (χ1v) is 16.5. The Bertz CT molecular complexity index is 1600. The molecule has 6 nitrogen and oxygen atoms in total. The molecular formula is C38H44N4O2. The number of aromatic nitrogens is 1. The minimum atomic E-state index is -0.173. The van der Waals surface area contributed by atoms with Gasteiger partial charge in [-0.2, -0.15) is 0 Å². The number of anilines is 1. The van der Waals surface area contributed by atoms with E-state index < -0.39 is 0 Å². The Balaban J connectivity index is 1.13. The summed E-state index contributed by atoms with van der Waals surface area (Å²) in [6.45, 7) is 9.50. The summed E-state index contributed by atoms with van der Waals surface area (Å²) >= 11 is 0. The average molecular weight is 589 g/mol. The molecule has 0 saturated carbocycles. The van der Waals surface area contributed by atoms with E-state index in [0.717, 1.165) is 54.1 Å². The van der Waals surface area contributed by atoms with Gasteiger partial charge in [0, 0.05) is 36.1 Å². The molecule has 0 atom stereocenters. The first-order valence-electron chi connectivity index (χ1n) is 16.5. The first-order chi connectivity index (χ1) is 21.4. The summed E-state index contributed by atoms with van der Waals surface area (Å²) < 4.78 is 2.15. The van der Waals surface area contributed by atoms with Gasteiger partial charge in [0.1, 0.15) is 5.69 Å². The van der Waals surface area contributed by atoms with Gasteiger partial charge in [0.25, 0.3) is 11.8 Å². The van der Waals surface area contributed by atoms with Crippen LogP contribution in [0.3, 0.4) is 0 Å². The lowest BCUT2D eigenvalue weighted by atomic mass is 9.72. The van der Waals surface area contributed by atoms with Gasteiger partial charge < -0.3 is 19.3 Å².